The molecule has 3 rings (SSSR count). The summed E-state index contributed by atoms with van der Waals surface area (Å²) in [7, 11) is 0. The maximum Gasteiger partial charge on any atom is 0.151 e. The quantitative estimate of drug-likeness (QED) is 0.822. The maximum absolute atomic E-state index is 5.78. The summed E-state index contributed by atoms with van der Waals surface area (Å²) in [4.78, 5) is 2.62. The zero-order chi connectivity index (χ0) is 12.4. The SMILES string of the molecule is Clc1ccc(CN2CCC[C@H]3CCCC[C@H]32)nn1. The molecule has 2 fully saturated rings. The number of aromatic nitrogens is 2. The fraction of sp³-hybridized carbons (Fsp3) is 0.714. The van der Waals surface area contributed by atoms with Crippen molar-refractivity contribution in [2.45, 2.75) is 51.1 Å². The molecule has 0 bridgehead atoms. The predicted molar refractivity (Wildman–Crippen MR) is 72.4 cm³/mol. The van der Waals surface area contributed by atoms with Crippen LogP contribution in [0.4, 0.5) is 0 Å². The third-order valence-corrected chi connectivity index (χ3v) is 4.61. The van der Waals surface area contributed by atoms with Gasteiger partial charge < -0.3 is 0 Å². The van der Waals surface area contributed by atoms with E-state index in [0.717, 1.165) is 24.2 Å². The molecule has 1 aromatic heterocycles. The topological polar surface area (TPSA) is 29.0 Å². The maximum atomic E-state index is 5.78. The minimum Gasteiger partial charge on any atom is -0.294 e. The molecule has 1 saturated carbocycles. The molecule has 3 nitrogen and oxygen atoms in total. The number of piperidine rings is 1. The number of rotatable bonds is 2. The average Bonchev–Trinajstić information content (AvgIpc) is 2.42. The highest BCUT2D eigenvalue weighted by Crippen LogP contribution is 2.35. The Morgan fingerprint density at radius 3 is 2.78 bits per heavy atom. The van der Waals surface area contributed by atoms with E-state index < -0.39 is 0 Å². The molecule has 1 aliphatic heterocycles. The smallest absolute Gasteiger partial charge is 0.151 e. The number of halogens is 1. The van der Waals surface area contributed by atoms with Crippen molar-refractivity contribution in [2.24, 2.45) is 5.92 Å². The Hall–Kier alpha value is -0.670. The van der Waals surface area contributed by atoms with E-state index in [1.54, 1.807) is 0 Å². The van der Waals surface area contributed by atoms with Crippen LogP contribution < -0.4 is 0 Å². The van der Waals surface area contributed by atoms with Gasteiger partial charge in [0.05, 0.1) is 5.69 Å². The highest BCUT2D eigenvalue weighted by molar-refractivity contribution is 6.29. The second-order valence-corrected chi connectivity index (χ2v) is 5.96. The molecule has 4 heteroatoms. The van der Waals surface area contributed by atoms with Crippen LogP contribution in [0.1, 0.15) is 44.2 Å². The molecular weight excluding hydrogens is 246 g/mol. The van der Waals surface area contributed by atoms with Crippen molar-refractivity contribution >= 4 is 11.6 Å². The minimum atomic E-state index is 0.480. The number of likely N-dealkylation sites (tertiary alicyclic amines) is 1. The lowest BCUT2D eigenvalue weighted by molar-refractivity contribution is 0.0535. The summed E-state index contributed by atoms with van der Waals surface area (Å²) in [5.74, 6) is 0.924. The van der Waals surface area contributed by atoms with Crippen LogP contribution in [0.15, 0.2) is 12.1 Å². The van der Waals surface area contributed by atoms with Gasteiger partial charge in [0.25, 0.3) is 0 Å². The van der Waals surface area contributed by atoms with Gasteiger partial charge in [-0.2, -0.15) is 5.10 Å². The van der Waals surface area contributed by atoms with Crippen molar-refractivity contribution in [3.8, 4) is 0 Å². The number of hydrogen-bond donors (Lipinski definition) is 0. The first-order valence-corrected chi connectivity index (χ1v) is 7.43. The predicted octanol–water partition coefficient (Wildman–Crippen LogP) is 3.28. The first kappa shape index (κ1) is 12.4. The number of nitrogens with zero attached hydrogens (tertiary/aromatic N) is 3. The second kappa shape index (κ2) is 5.54. The van der Waals surface area contributed by atoms with Gasteiger partial charge in [-0.25, -0.2) is 0 Å². The van der Waals surface area contributed by atoms with Crippen molar-refractivity contribution in [3.05, 3.63) is 23.0 Å². The lowest BCUT2D eigenvalue weighted by atomic mass is 9.78. The van der Waals surface area contributed by atoms with E-state index >= 15 is 0 Å². The summed E-state index contributed by atoms with van der Waals surface area (Å²) < 4.78 is 0. The zero-order valence-corrected chi connectivity index (χ0v) is 11.4. The van der Waals surface area contributed by atoms with E-state index in [0.29, 0.717) is 5.15 Å². The van der Waals surface area contributed by atoms with Gasteiger partial charge in [0.2, 0.25) is 0 Å². The molecule has 0 N–H and O–H groups in total. The van der Waals surface area contributed by atoms with E-state index in [1.807, 2.05) is 12.1 Å². The van der Waals surface area contributed by atoms with Gasteiger partial charge in [0.15, 0.2) is 5.15 Å². The summed E-state index contributed by atoms with van der Waals surface area (Å²) in [6, 6.07) is 4.62. The van der Waals surface area contributed by atoms with Crippen LogP contribution in [0.3, 0.4) is 0 Å². The van der Waals surface area contributed by atoms with Crippen LogP contribution in [0.25, 0.3) is 0 Å². The molecule has 18 heavy (non-hydrogen) atoms. The zero-order valence-electron chi connectivity index (χ0n) is 10.7. The van der Waals surface area contributed by atoms with Gasteiger partial charge in [0, 0.05) is 12.6 Å². The van der Waals surface area contributed by atoms with Crippen LogP contribution in [0.2, 0.25) is 5.15 Å². The van der Waals surface area contributed by atoms with E-state index in [9.17, 15) is 0 Å². The summed E-state index contributed by atoms with van der Waals surface area (Å²) in [5, 5.41) is 8.60. The van der Waals surface area contributed by atoms with Gasteiger partial charge in [-0.05, 0) is 50.3 Å². The van der Waals surface area contributed by atoms with Crippen LogP contribution in [0.5, 0.6) is 0 Å². The molecule has 0 aromatic carbocycles. The van der Waals surface area contributed by atoms with E-state index in [4.69, 9.17) is 11.6 Å². The van der Waals surface area contributed by atoms with E-state index in [2.05, 4.69) is 15.1 Å². The Morgan fingerprint density at radius 1 is 1.11 bits per heavy atom. The van der Waals surface area contributed by atoms with Crippen LogP contribution in [-0.4, -0.2) is 27.7 Å². The fourth-order valence-corrected chi connectivity index (χ4v) is 3.66. The Balaban J connectivity index is 1.69. The van der Waals surface area contributed by atoms with Gasteiger partial charge in [-0.15, -0.1) is 5.10 Å². The van der Waals surface area contributed by atoms with E-state index in [1.165, 1.54) is 45.1 Å². The van der Waals surface area contributed by atoms with Gasteiger partial charge in [-0.1, -0.05) is 24.4 Å². The van der Waals surface area contributed by atoms with Crippen molar-refractivity contribution in [2.75, 3.05) is 6.54 Å². The van der Waals surface area contributed by atoms with Gasteiger partial charge in [0.1, 0.15) is 0 Å². The first-order chi connectivity index (χ1) is 8.83. The Bertz CT molecular complexity index is 391. The summed E-state index contributed by atoms with van der Waals surface area (Å²) in [6.07, 6.45) is 8.37. The molecule has 0 amide bonds. The van der Waals surface area contributed by atoms with Crippen LogP contribution in [-0.2, 0) is 6.54 Å². The third-order valence-electron chi connectivity index (χ3n) is 4.41. The molecular formula is C14H20ClN3. The van der Waals surface area contributed by atoms with Crippen molar-refractivity contribution in [1.29, 1.82) is 0 Å². The largest absolute Gasteiger partial charge is 0.294 e. The fourth-order valence-electron chi connectivity index (χ4n) is 3.56. The normalized spacial score (nSPS) is 28.9. The standard InChI is InChI=1S/C14H20ClN3/c15-14-8-7-12(16-17-14)10-18-9-3-5-11-4-1-2-6-13(11)18/h7-8,11,13H,1-6,9-10H2/t11-,13-/m1/s1. The summed E-state index contributed by atoms with van der Waals surface area (Å²) >= 11 is 5.78. The molecule has 2 atom stereocenters. The second-order valence-electron chi connectivity index (χ2n) is 5.57. The summed E-state index contributed by atoms with van der Waals surface area (Å²) in [6.45, 7) is 2.15. The Morgan fingerprint density at radius 2 is 1.94 bits per heavy atom. The Labute approximate surface area is 114 Å². The first-order valence-electron chi connectivity index (χ1n) is 7.05. The number of hydrogen-bond acceptors (Lipinski definition) is 3. The molecule has 1 aromatic rings. The summed E-state index contributed by atoms with van der Waals surface area (Å²) in [5.41, 5.74) is 1.05. The molecule has 1 saturated heterocycles. The highest BCUT2D eigenvalue weighted by atomic mass is 35.5. The molecule has 0 unspecified atom stereocenters. The lowest BCUT2D eigenvalue weighted by Crippen LogP contribution is -2.46. The van der Waals surface area contributed by atoms with Crippen LogP contribution >= 0.6 is 11.6 Å². The third kappa shape index (κ3) is 2.67. The molecule has 0 radical (unpaired) electrons. The van der Waals surface area contributed by atoms with E-state index in [-0.39, 0.29) is 0 Å². The Kier molecular flexibility index (Phi) is 3.80. The average molecular weight is 266 g/mol. The molecule has 1 aliphatic carbocycles. The van der Waals surface area contributed by atoms with Gasteiger partial charge in [-0.3, -0.25) is 4.90 Å². The number of fused-ring (bicyclic) bond motifs is 1. The highest BCUT2D eigenvalue weighted by Gasteiger charge is 2.33. The van der Waals surface area contributed by atoms with Crippen LogP contribution in [0, 0.1) is 5.92 Å². The van der Waals surface area contributed by atoms with Crippen molar-refractivity contribution < 1.29 is 0 Å². The molecule has 2 heterocycles. The monoisotopic (exact) mass is 265 g/mol. The van der Waals surface area contributed by atoms with Crippen molar-refractivity contribution in [3.63, 3.8) is 0 Å². The lowest BCUT2D eigenvalue weighted by Gasteiger charge is -2.44. The van der Waals surface area contributed by atoms with Crippen molar-refractivity contribution in [1.82, 2.24) is 15.1 Å². The molecule has 2 aliphatic rings. The van der Waals surface area contributed by atoms with Gasteiger partial charge >= 0.3 is 0 Å². The molecule has 98 valence electrons. The minimum absolute atomic E-state index is 0.480. The molecule has 0 spiro atoms.